The van der Waals surface area contributed by atoms with Gasteiger partial charge in [-0.1, -0.05) is 49.1 Å². The third kappa shape index (κ3) is 6.80. The van der Waals surface area contributed by atoms with Crippen LogP contribution in [-0.2, 0) is 25.5 Å². The average Bonchev–Trinajstić information content (AvgIpc) is 3.20. The molecule has 224 valence electrons. The van der Waals surface area contributed by atoms with Crippen LogP contribution in [0.2, 0.25) is 5.28 Å². The van der Waals surface area contributed by atoms with Crippen LogP contribution in [0.1, 0.15) is 37.5 Å². The van der Waals surface area contributed by atoms with Crippen molar-refractivity contribution in [1.29, 1.82) is 0 Å². The Kier molecular flexibility index (Phi) is 10.3. The molecule has 2 aromatic heterocycles. The largest absolute Gasteiger partial charge is 0.479 e. The lowest BCUT2D eigenvalue weighted by Gasteiger charge is -2.30. The number of nitrogens with zero attached hydrogens (tertiary/aromatic N) is 5. The highest BCUT2D eigenvalue weighted by molar-refractivity contribution is 6.28. The Hall–Kier alpha value is -3.80. The van der Waals surface area contributed by atoms with E-state index in [9.17, 15) is 30.0 Å². The molecule has 13 nitrogen and oxygen atoms in total. The zero-order chi connectivity index (χ0) is 30.3. The fraction of sp³-hybridized carbons (Fsp3) is 0.464. The summed E-state index contributed by atoms with van der Waals surface area (Å²) in [5.41, 5.74) is -1.66. The van der Waals surface area contributed by atoms with Gasteiger partial charge in [-0.25, -0.2) is 14.6 Å². The number of aliphatic carboxylic acids is 2. The van der Waals surface area contributed by atoms with Crippen LogP contribution in [0.5, 0.6) is 0 Å². The van der Waals surface area contributed by atoms with Crippen molar-refractivity contribution in [2.24, 2.45) is 0 Å². The lowest BCUT2D eigenvalue weighted by molar-refractivity contribution is -0.195. The zero-order valence-electron chi connectivity index (χ0n) is 22.7. The molecule has 0 amide bonds. The van der Waals surface area contributed by atoms with Crippen LogP contribution < -0.4 is 4.90 Å². The summed E-state index contributed by atoms with van der Waals surface area (Å²) in [6.45, 7) is 0.112. The lowest BCUT2D eigenvalue weighted by atomic mass is 9.94. The number of hydrogen-bond acceptors (Lipinski definition) is 10. The molecule has 0 radical (unpaired) electrons. The van der Waals surface area contributed by atoms with Crippen molar-refractivity contribution in [3.05, 3.63) is 47.5 Å². The smallest absolute Gasteiger partial charge is 0.348 e. The number of terminal acetylenes is 1. The van der Waals surface area contributed by atoms with Crippen molar-refractivity contribution in [2.45, 2.75) is 56.1 Å². The molecule has 3 heterocycles. The molecule has 4 N–H and O–H groups in total. The van der Waals surface area contributed by atoms with Gasteiger partial charge in [0.05, 0.1) is 19.5 Å². The van der Waals surface area contributed by atoms with Crippen molar-refractivity contribution < 1.29 is 39.5 Å². The Morgan fingerprint density at radius 2 is 1.76 bits per heavy atom. The number of aliphatic hydroxyl groups is 2. The summed E-state index contributed by atoms with van der Waals surface area (Å²) in [5, 5.41) is 40.5. The van der Waals surface area contributed by atoms with E-state index in [-0.39, 0.29) is 10.9 Å². The second kappa shape index (κ2) is 13.9. The van der Waals surface area contributed by atoms with E-state index in [4.69, 9.17) is 27.5 Å². The summed E-state index contributed by atoms with van der Waals surface area (Å²) < 4.78 is 12.7. The number of rotatable bonds is 13. The highest BCUT2D eigenvalue weighted by Gasteiger charge is 2.49. The van der Waals surface area contributed by atoms with Gasteiger partial charge in [-0.15, -0.1) is 6.42 Å². The molecular formula is C28H32ClN5O8. The maximum Gasteiger partial charge on any atom is 0.348 e. The van der Waals surface area contributed by atoms with Gasteiger partial charge < -0.3 is 34.8 Å². The second-order valence-corrected chi connectivity index (χ2v) is 10.2. The fourth-order valence-electron chi connectivity index (χ4n) is 4.81. The van der Waals surface area contributed by atoms with Crippen LogP contribution in [0.15, 0.2) is 36.7 Å². The number of carbonyl (C=O) groups is 2. The van der Waals surface area contributed by atoms with E-state index in [1.807, 2.05) is 0 Å². The average molecular weight is 602 g/mol. The van der Waals surface area contributed by atoms with Gasteiger partial charge in [-0.2, -0.15) is 9.97 Å². The number of ether oxygens (including phenoxy) is 2. The minimum absolute atomic E-state index is 0.0619. The number of carboxylic acid groups (broad SMARTS) is 2. The number of aromatic nitrogens is 4. The lowest BCUT2D eigenvalue weighted by Crippen LogP contribution is -2.52. The van der Waals surface area contributed by atoms with Gasteiger partial charge in [-0.3, -0.25) is 4.57 Å². The molecule has 3 aromatic rings. The minimum Gasteiger partial charge on any atom is -0.479 e. The maximum atomic E-state index is 12.2. The highest BCUT2D eigenvalue weighted by atomic mass is 35.5. The third-order valence-electron chi connectivity index (χ3n) is 7.03. The topological polar surface area (TPSA) is 180 Å². The summed E-state index contributed by atoms with van der Waals surface area (Å²) in [5.74, 6) is -0.768. The Morgan fingerprint density at radius 3 is 2.36 bits per heavy atom. The quantitative estimate of drug-likeness (QED) is 0.127. The molecule has 0 bridgehead atoms. The van der Waals surface area contributed by atoms with Crippen LogP contribution in [0.4, 0.5) is 5.82 Å². The molecule has 3 atom stereocenters. The third-order valence-corrected chi connectivity index (χ3v) is 7.20. The first-order valence-corrected chi connectivity index (χ1v) is 13.8. The van der Waals surface area contributed by atoms with Crippen LogP contribution in [0, 0.1) is 12.3 Å². The molecule has 42 heavy (non-hydrogen) atoms. The summed E-state index contributed by atoms with van der Waals surface area (Å²) >= 11 is 6.28. The van der Waals surface area contributed by atoms with Crippen molar-refractivity contribution in [2.75, 3.05) is 31.2 Å². The predicted molar refractivity (Wildman–Crippen MR) is 151 cm³/mol. The first-order valence-electron chi connectivity index (χ1n) is 13.4. The van der Waals surface area contributed by atoms with Crippen LogP contribution >= 0.6 is 11.6 Å². The van der Waals surface area contributed by atoms with Gasteiger partial charge in [0.2, 0.25) is 5.28 Å². The van der Waals surface area contributed by atoms with Crippen molar-refractivity contribution >= 4 is 40.5 Å². The van der Waals surface area contributed by atoms with Gasteiger partial charge in [0.15, 0.2) is 29.3 Å². The predicted octanol–water partition coefficient (Wildman–Crippen LogP) is 1.90. The van der Waals surface area contributed by atoms with E-state index >= 15 is 0 Å². The van der Waals surface area contributed by atoms with Crippen molar-refractivity contribution in [3.8, 4) is 12.3 Å². The zero-order valence-corrected chi connectivity index (χ0v) is 23.4. The fourth-order valence-corrected chi connectivity index (χ4v) is 4.97. The first-order chi connectivity index (χ1) is 20.2. The molecule has 1 fully saturated rings. The van der Waals surface area contributed by atoms with Gasteiger partial charge in [0.25, 0.3) is 5.60 Å². The first kappa shape index (κ1) is 31.1. The molecule has 0 unspecified atom stereocenters. The number of benzene rings is 1. The number of imidazole rings is 1. The van der Waals surface area contributed by atoms with E-state index in [0.717, 1.165) is 38.8 Å². The van der Waals surface area contributed by atoms with Crippen LogP contribution in [0.25, 0.3) is 11.2 Å². The van der Waals surface area contributed by atoms with E-state index in [1.54, 1.807) is 30.3 Å². The maximum absolute atomic E-state index is 12.2. The van der Waals surface area contributed by atoms with E-state index in [0.29, 0.717) is 16.9 Å². The molecule has 1 aliphatic rings. The van der Waals surface area contributed by atoms with Crippen molar-refractivity contribution in [1.82, 2.24) is 19.5 Å². The van der Waals surface area contributed by atoms with Crippen LogP contribution in [-0.4, -0.2) is 96.0 Å². The standard InChI is InChI=1S/C28H32ClN5O8/c1-2-20(36)24(34-17-30-21-22(31-27(29)32-23(21)34)33-12-8-3-4-9-13-33)42-19(15-35)16-41-28(25(37)38,26(39)40)14-18-10-6-5-7-11-18/h1,5-7,10-11,17,19-20,24,35-36H,3-4,8-9,12-16H2,(H,37,38)(H,39,40)/t19-,20+,24+/m0/s1. The monoisotopic (exact) mass is 601 g/mol. The number of hydrogen-bond donors (Lipinski definition) is 4. The molecular weight excluding hydrogens is 570 g/mol. The van der Waals surface area contributed by atoms with Crippen LogP contribution in [0.3, 0.4) is 0 Å². The Morgan fingerprint density at radius 1 is 1.10 bits per heavy atom. The number of fused-ring (bicyclic) bond motifs is 1. The van der Waals surface area contributed by atoms with E-state index in [1.165, 1.54) is 10.9 Å². The number of halogens is 1. The minimum atomic E-state index is -2.68. The SMILES string of the molecule is C#C[C@@H](O)[C@@H](O[C@@H](CO)COC(Cc1ccccc1)(C(=O)O)C(=O)O)n1cnc2c(N3CCCCCC3)nc(Cl)nc21. The molecule has 1 aliphatic heterocycles. The molecule has 14 heteroatoms. The van der Waals surface area contributed by atoms with Gasteiger partial charge >= 0.3 is 11.9 Å². The molecule has 0 aliphatic carbocycles. The molecule has 0 saturated carbocycles. The number of aliphatic hydroxyl groups excluding tert-OH is 2. The van der Waals surface area contributed by atoms with E-state index in [2.05, 4.69) is 25.8 Å². The van der Waals surface area contributed by atoms with Gasteiger partial charge in [0.1, 0.15) is 6.10 Å². The summed E-state index contributed by atoms with van der Waals surface area (Å²) in [4.78, 5) is 39.5. The number of anilines is 1. The van der Waals surface area contributed by atoms with Crippen molar-refractivity contribution in [3.63, 3.8) is 0 Å². The Labute approximate surface area is 246 Å². The molecule has 0 spiro atoms. The molecule has 1 saturated heterocycles. The normalized spacial score (nSPS) is 16.4. The Bertz CT molecular complexity index is 1410. The summed E-state index contributed by atoms with van der Waals surface area (Å²) in [7, 11) is 0. The summed E-state index contributed by atoms with van der Waals surface area (Å²) in [6.07, 6.45) is 6.22. The Balaban J connectivity index is 1.62. The van der Waals surface area contributed by atoms with E-state index < -0.39 is 55.6 Å². The molecule has 4 rings (SSSR count). The number of carboxylic acids is 2. The molecule has 1 aromatic carbocycles. The van der Waals surface area contributed by atoms with Gasteiger partial charge in [-0.05, 0) is 30.0 Å². The second-order valence-electron chi connectivity index (χ2n) is 9.89. The van der Waals surface area contributed by atoms with Gasteiger partial charge in [0, 0.05) is 19.5 Å². The summed E-state index contributed by atoms with van der Waals surface area (Å²) in [6, 6.07) is 8.12. The highest BCUT2D eigenvalue weighted by Crippen LogP contribution is 2.30.